The minimum absolute atomic E-state index is 0.0677. The van der Waals surface area contributed by atoms with Gasteiger partial charge in [-0.3, -0.25) is 14.4 Å². The Morgan fingerprint density at radius 2 is 0.600 bits per heavy atom. The average Bonchev–Trinajstić information content (AvgIpc) is 3.18. The second-order valence-corrected chi connectivity index (χ2v) is 16.4. The molecule has 0 amide bonds. The van der Waals surface area contributed by atoms with Crippen LogP contribution in [0.15, 0.2) is 12.2 Å². The van der Waals surface area contributed by atoms with Crippen LogP contribution in [0.2, 0.25) is 0 Å². The molecule has 0 bridgehead atoms. The molecule has 0 saturated carbocycles. The Hall–Kier alpha value is -1.85. The van der Waals surface area contributed by atoms with Gasteiger partial charge in [-0.05, 0) is 44.9 Å². The van der Waals surface area contributed by atoms with Crippen molar-refractivity contribution in [1.82, 2.24) is 0 Å². The maximum Gasteiger partial charge on any atom is 0.306 e. The van der Waals surface area contributed by atoms with Crippen molar-refractivity contribution in [1.29, 1.82) is 0 Å². The highest BCUT2D eigenvalue weighted by atomic mass is 16.6. The molecule has 0 aliphatic carbocycles. The van der Waals surface area contributed by atoms with E-state index in [0.29, 0.717) is 19.3 Å². The lowest BCUT2D eigenvalue weighted by molar-refractivity contribution is -0.167. The van der Waals surface area contributed by atoms with E-state index in [4.69, 9.17) is 14.2 Å². The van der Waals surface area contributed by atoms with Gasteiger partial charge in [0.25, 0.3) is 0 Å². The minimum atomic E-state index is -0.764. The normalized spacial score (nSPS) is 12.0. The van der Waals surface area contributed by atoms with Crippen LogP contribution >= 0.6 is 0 Å². The van der Waals surface area contributed by atoms with Gasteiger partial charge in [-0.25, -0.2) is 0 Å². The molecule has 0 spiro atoms. The van der Waals surface area contributed by atoms with Crippen molar-refractivity contribution in [3.63, 3.8) is 0 Å². The highest BCUT2D eigenvalue weighted by Gasteiger charge is 2.19. The van der Waals surface area contributed by atoms with Gasteiger partial charge in [0.1, 0.15) is 13.2 Å². The van der Waals surface area contributed by atoms with Gasteiger partial charge >= 0.3 is 17.9 Å². The fourth-order valence-corrected chi connectivity index (χ4v) is 7.08. The molecule has 0 radical (unpaired) electrons. The third kappa shape index (κ3) is 43.1. The van der Waals surface area contributed by atoms with Crippen LogP contribution in [0, 0.1) is 0 Å². The Morgan fingerprint density at radius 3 is 0.927 bits per heavy atom. The molecule has 0 aromatic carbocycles. The van der Waals surface area contributed by atoms with Crippen LogP contribution in [0.4, 0.5) is 0 Å². The summed E-state index contributed by atoms with van der Waals surface area (Å²) in [6.07, 6.45) is 47.6. The van der Waals surface area contributed by atoms with Gasteiger partial charge in [0, 0.05) is 19.3 Å². The Kier molecular flexibility index (Phi) is 43.4. The highest BCUT2D eigenvalue weighted by molar-refractivity contribution is 5.71. The molecule has 1 atom stereocenters. The van der Waals surface area contributed by atoms with E-state index in [-0.39, 0.29) is 31.1 Å². The summed E-state index contributed by atoms with van der Waals surface area (Å²) in [5, 5.41) is 0. The molecular weight excluding hydrogens is 685 g/mol. The van der Waals surface area contributed by atoms with Crippen molar-refractivity contribution < 1.29 is 28.6 Å². The van der Waals surface area contributed by atoms with Gasteiger partial charge in [-0.2, -0.15) is 0 Å². The number of esters is 3. The first-order valence-corrected chi connectivity index (χ1v) is 24.2. The zero-order valence-corrected chi connectivity index (χ0v) is 37.0. The van der Waals surface area contributed by atoms with E-state index in [2.05, 4.69) is 32.9 Å². The third-order valence-electron chi connectivity index (χ3n) is 10.8. The molecule has 0 heterocycles. The van der Waals surface area contributed by atoms with Gasteiger partial charge in [-0.15, -0.1) is 0 Å². The smallest absolute Gasteiger partial charge is 0.306 e. The molecule has 0 aromatic heterocycles. The summed E-state index contributed by atoms with van der Waals surface area (Å²) >= 11 is 0. The predicted octanol–water partition coefficient (Wildman–Crippen LogP) is 15.4. The van der Waals surface area contributed by atoms with Gasteiger partial charge in [0.15, 0.2) is 6.10 Å². The summed E-state index contributed by atoms with van der Waals surface area (Å²) < 4.78 is 16.7. The summed E-state index contributed by atoms with van der Waals surface area (Å²) in [6.45, 7) is 6.63. The zero-order chi connectivity index (χ0) is 40.1. The van der Waals surface area contributed by atoms with Crippen molar-refractivity contribution >= 4 is 17.9 Å². The molecule has 0 aliphatic heterocycles. The van der Waals surface area contributed by atoms with Crippen LogP contribution in [-0.2, 0) is 28.6 Å². The largest absolute Gasteiger partial charge is 0.462 e. The van der Waals surface area contributed by atoms with E-state index in [9.17, 15) is 14.4 Å². The standard InChI is InChI=1S/C49H92O6/c1-4-7-10-13-16-19-22-25-28-30-33-36-39-42-48(51)54-45-46(55-49(52)43-40-37-34-31-27-24-21-18-15-12-9-6-3)44-53-47(50)41-38-35-32-29-26-23-20-17-14-11-8-5-2/h19,22,46H,4-18,20-21,23-45H2,1-3H3/b22-19-. The summed E-state index contributed by atoms with van der Waals surface area (Å²) in [7, 11) is 0. The van der Waals surface area contributed by atoms with E-state index < -0.39 is 6.10 Å². The number of hydrogen-bond donors (Lipinski definition) is 0. The molecule has 0 aromatic rings. The zero-order valence-electron chi connectivity index (χ0n) is 37.0. The Morgan fingerprint density at radius 1 is 0.345 bits per heavy atom. The van der Waals surface area contributed by atoms with Crippen molar-refractivity contribution in [2.45, 2.75) is 271 Å². The van der Waals surface area contributed by atoms with Crippen molar-refractivity contribution in [3.8, 4) is 0 Å². The summed E-state index contributed by atoms with van der Waals surface area (Å²) in [6, 6.07) is 0. The molecule has 1 unspecified atom stereocenters. The lowest BCUT2D eigenvalue weighted by Crippen LogP contribution is -2.30. The number of hydrogen-bond acceptors (Lipinski definition) is 6. The molecule has 6 nitrogen and oxygen atoms in total. The van der Waals surface area contributed by atoms with Gasteiger partial charge in [0.2, 0.25) is 0 Å². The van der Waals surface area contributed by atoms with E-state index in [1.54, 1.807) is 0 Å². The number of carbonyl (C=O) groups is 3. The van der Waals surface area contributed by atoms with Gasteiger partial charge in [0.05, 0.1) is 0 Å². The number of carbonyl (C=O) groups excluding carboxylic acids is 3. The van der Waals surface area contributed by atoms with Crippen molar-refractivity contribution in [3.05, 3.63) is 12.2 Å². The quantitative estimate of drug-likeness (QED) is 0.0265. The Balaban J connectivity index is 4.34. The van der Waals surface area contributed by atoms with Crippen LogP contribution in [0.1, 0.15) is 265 Å². The minimum Gasteiger partial charge on any atom is -0.462 e. The topological polar surface area (TPSA) is 78.9 Å². The molecular formula is C49H92O6. The monoisotopic (exact) mass is 777 g/mol. The Bertz CT molecular complexity index is 854. The van der Waals surface area contributed by atoms with Crippen LogP contribution < -0.4 is 0 Å². The average molecular weight is 777 g/mol. The molecule has 0 N–H and O–H groups in total. The van der Waals surface area contributed by atoms with E-state index in [1.807, 2.05) is 0 Å². The number of allylic oxidation sites excluding steroid dienone is 2. The second kappa shape index (κ2) is 44.9. The van der Waals surface area contributed by atoms with Crippen LogP contribution in [0.3, 0.4) is 0 Å². The lowest BCUT2D eigenvalue weighted by Gasteiger charge is -2.18. The molecule has 6 heteroatoms. The molecule has 0 aliphatic rings. The van der Waals surface area contributed by atoms with E-state index in [1.165, 1.54) is 161 Å². The van der Waals surface area contributed by atoms with Gasteiger partial charge < -0.3 is 14.2 Å². The fourth-order valence-electron chi connectivity index (χ4n) is 7.08. The number of rotatable bonds is 44. The molecule has 0 saturated heterocycles. The van der Waals surface area contributed by atoms with Crippen molar-refractivity contribution in [2.75, 3.05) is 13.2 Å². The van der Waals surface area contributed by atoms with Crippen LogP contribution in [-0.4, -0.2) is 37.2 Å². The maximum absolute atomic E-state index is 12.7. The van der Waals surface area contributed by atoms with Crippen LogP contribution in [0.5, 0.6) is 0 Å². The van der Waals surface area contributed by atoms with Crippen molar-refractivity contribution in [2.24, 2.45) is 0 Å². The van der Waals surface area contributed by atoms with Gasteiger partial charge in [-0.1, -0.05) is 213 Å². The fraction of sp³-hybridized carbons (Fsp3) is 0.898. The van der Waals surface area contributed by atoms with E-state index in [0.717, 1.165) is 64.2 Å². The molecule has 0 rings (SSSR count). The van der Waals surface area contributed by atoms with Crippen LogP contribution in [0.25, 0.3) is 0 Å². The maximum atomic E-state index is 12.7. The number of ether oxygens (including phenoxy) is 3. The predicted molar refractivity (Wildman–Crippen MR) is 233 cm³/mol. The highest BCUT2D eigenvalue weighted by Crippen LogP contribution is 2.15. The lowest BCUT2D eigenvalue weighted by atomic mass is 10.0. The molecule has 0 fully saturated rings. The molecule has 55 heavy (non-hydrogen) atoms. The second-order valence-electron chi connectivity index (χ2n) is 16.4. The first kappa shape index (κ1) is 53.1. The summed E-state index contributed by atoms with van der Waals surface area (Å²) in [4.78, 5) is 37.8. The van der Waals surface area contributed by atoms with E-state index >= 15 is 0 Å². The number of unbranched alkanes of at least 4 members (excludes halogenated alkanes) is 31. The summed E-state index contributed by atoms with van der Waals surface area (Å²) in [5.74, 6) is -0.866. The molecule has 324 valence electrons. The SMILES string of the molecule is CCCCCC/C=C\CCCCCCCC(=O)OCC(COC(=O)CCCCCCCCCCCCCC)OC(=O)CCCCCCCCCCCCCC. The third-order valence-corrected chi connectivity index (χ3v) is 10.8. The first-order valence-electron chi connectivity index (χ1n) is 24.2. The first-order chi connectivity index (χ1) is 27.0. The summed E-state index contributed by atoms with van der Waals surface area (Å²) in [5.41, 5.74) is 0. The Labute approximate surface area is 341 Å².